The van der Waals surface area contributed by atoms with Gasteiger partial charge in [0.1, 0.15) is 11.3 Å². The highest BCUT2D eigenvalue weighted by Crippen LogP contribution is 2.22. The zero-order valence-corrected chi connectivity index (χ0v) is 10.8. The van der Waals surface area contributed by atoms with E-state index in [1.54, 1.807) is 0 Å². The lowest BCUT2D eigenvalue weighted by atomic mass is 10.2. The third-order valence-corrected chi connectivity index (χ3v) is 2.50. The minimum atomic E-state index is -4.43. The molecule has 1 rings (SSSR count). The molecule has 0 aliphatic rings. The van der Waals surface area contributed by atoms with E-state index in [9.17, 15) is 28.1 Å². The van der Waals surface area contributed by atoms with Crippen LogP contribution in [-0.4, -0.2) is 28.0 Å². The van der Waals surface area contributed by atoms with Gasteiger partial charge in [0.2, 0.25) is 0 Å². The van der Waals surface area contributed by atoms with Gasteiger partial charge in [-0.05, 0) is 6.92 Å². The Labute approximate surface area is 116 Å². The largest absolute Gasteiger partial charge is 0.391 e. The summed E-state index contributed by atoms with van der Waals surface area (Å²) < 4.78 is 36.4. The predicted octanol–water partition coefficient (Wildman–Crippen LogP) is 2.71. The number of halogens is 4. The molecule has 10 heteroatoms. The number of aromatic nitrogens is 1. The Kier molecular flexibility index (Phi) is 4.88. The van der Waals surface area contributed by atoms with Crippen LogP contribution in [0.3, 0.4) is 0 Å². The van der Waals surface area contributed by atoms with Gasteiger partial charge < -0.3 is 5.32 Å². The fraction of sp³-hybridized carbons (Fsp3) is 0.400. The van der Waals surface area contributed by atoms with E-state index in [0.29, 0.717) is 0 Å². The molecule has 1 aromatic rings. The molecule has 0 aromatic carbocycles. The summed E-state index contributed by atoms with van der Waals surface area (Å²) in [6, 6.07) is -0.344. The van der Waals surface area contributed by atoms with Gasteiger partial charge in [-0.3, -0.25) is 14.9 Å². The van der Waals surface area contributed by atoms with Crippen LogP contribution in [0.2, 0.25) is 5.15 Å². The van der Waals surface area contributed by atoms with Crippen molar-refractivity contribution in [1.29, 1.82) is 0 Å². The second kappa shape index (κ2) is 6.04. The van der Waals surface area contributed by atoms with E-state index < -0.39 is 35.2 Å². The summed E-state index contributed by atoms with van der Waals surface area (Å²) in [5, 5.41) is 12.3. The zero-order valence-electron chi connectivity index (χ0n) is 10.1. The van der Waals surface area contributed by atoms with Crippen molar-refractivity contribution in [1.82, 2.24) is 10.3 Å². The van der Waals surface area contributed by atoms with Crippen LogP contribution in [0.4, 0.5) is 18.9 Å². The highest BCUT2D eigenvalue weighted by Gasteiger charge is 2.31. The molecule has 0 radical (unpaired) electrons. The number of nitrogens with one attached hydrogen (secondary N) is 1. The lowest BCUT2D eigenvalue weighted by Crippen LogP contribution is -2.36. The number of amides is 1. The highest BCUT2D eigenvalue weighted by molar-refractivity contribution is 6.32. The molecule has 0 aliphatic heterocycles. The maximum absolute atomic E-state index is 12.1. The van der Waals surface area contributed by atoms with Crippen molar-refractivity contribution in [3.63, 3.8) is 0 Å². The first-order valence-electron chi connectivity index (χ1n) is 5.27. The normalized spacial score (nSPS) is 12.8. The van der Waals surface area contributed by atoms with Gasteiger partial charge >= 0.3 is 6.18 Å². The second-order valence-electron chi connectivity index (χ2n) is 3.98. The Bertz CT molecular complexity index is 536. The zero-order chi connectivity index (χ0) is 15.5. The first-order chi connectivity index (χ1) is 9.10. The third kappa shape index (κ3) is 4.65. The van der Waals surface area contributed by atoms with Gasteiger partial charge in [0.05, 0.1) is 16.9 Å². The van der Waals surface area contributed by atoms with Crippen molar-refractivity contribution < 1.29 is 22.9 Å². The van der Waals surface area contributed by atoms with Crippen molar-refractivity contribution in [3.8, 4) is 0 Å². The summed E-state index contributed by atoms with van der Waals surface area (Å²) in [7, 11) is 0. The third-order valence-electron chi connectivity index (χ3n) is 2.20. The molecule has 0 fully saturated rings. The lowest BCUT2D eigenvalue weighted by Gasteiger charge is -2.15. The Morgan fingerprint density at radius 2 is 2.20 bits per heavy atom. The van der Waals surface area contributed by atoms with Crippen LogP contribution in [0.1, 0.15) is 23.7 Å². The number of nitro groups is 1. The van der Waals surface area contributed by atoms with E-state index in [1.165, 1.54) is 0 Å². The van der Waals surface area contributed by atoms with Gasteiger partial charge in [-0.15, -0.1) is 0 Å². The number of carbonyl (C=O) groups is 1. The van der Waals surface area contributed by atoms with Gasteiger partial charge in [0, 0.05) is 12.1 Å². The maximum atomic E-state index is 12.1. The van der Waals surface area contributed by atoms with Crippen LogP contribution < -0.4 is 5.32 Å². The SMILES string of the molecule is CC(CC(F)(F)F)NC(=O)c1cc([N+](=O)[O-])cnc1Cl. The molecule has 1 unspecified atom stereocenters. The van der Waals surface area contributed by atoms with Crippen LogP contribution in [0.5, 0.6) is 0 Å². The summed E-state index contributed by atoms with van der Waals surface area (Å²) in [5.74, 6) is -0.956. The van der Waals surface area contributed by atoms with Gasteiger partial charge in [-0.1, -0.05) is 11.6 Å². The summed E-state index contributed by atoms with van der Waals surface area (Å²) in [6.07, 6.45) is -4.81. The summed E-state index contributed by atoms with van der Waals surface area (Å²) in [5.41, 5.74) is -0.835. The Hall–Kier alpha value is -1.90. The number of rotatable bonds is 4. The van der Waals surface area contributed by atoms with Crippen LogP contribution in [-0.2, 0) is 0 Å². The van der Waals surface area contributed by atoms with Gasteiger partial charge in [-0.2, -0.15) is 13.2 Å². The Balaban J connectivity index is 2.87. The maximum Gasteiger partial charge on any atom is 0.391 e. The van der Waals surface area contributed by atoms with Crippen LogP contribution in [0, 0.1) is 10.1 Å². The molecule has 1 amide bonds. The molecule has 0 aliphatic carbocycles. The summed E-state index contributed by atoms with van der Waals surface area (Å²) in [6.45, 7) is 1.16. The molecule has 6 nitrogen and oxygen atoms in total. The van der Waals surface area contributed by atoms with E-state index in [2.05, 4.69) is 10.3 Å². The smallest absolute Gasteiger partial charge is 0.349 e. The average molecular weight is 312 g/mol. The number of carbonyl (C=O) groups excluding carboxylic acids is 1. The molecule has 1 heterocycles. The molecule has 1 aromatic heterocycles. The monoisotopic (exact) mass is 311 g/mol. The molecule has 20 heavy (non-hydrogen) atoms. The van der Waals surface area contributed by atoms with Crippen molar-refractivity contribution in [2.45, 2.75) is 25.6 Å². The quantitative estimate of drug-likeness (QED) is 0.526. The fourth-order valence-corrected chi connectivity index (χ4v) is 1.59. The van der Waals surface area contributed by atoms with Gasteiger partial charge in [0.25, 0.3) is 11.6 Å². The number of hydrogen-bond donors (Lipinski definition) is 1. The van der Waals surface area contributed by atoms with E-state index in [4.69, 9.17) is 11.6 Å². The molecule has 0 saturated heterocycles. The first-order valence-corrected chi connectivity index (χ1v) is 5.65. The van der Waals surface area contributed by atoms with Crippen LogP contribution >= 0.6 is 11.6 Å². The molecular weight excluding hydrogens is 303 g/mol. The summed E-state index contributed by atoms with van der Waals surface area (Å²) in [4.78, 5) is 24.9. The standard InChI is InChI=1S/C10H9ClF3N3O3/c1-5(3-10(12,13)14)16-9(18)7-2-6(17(19)20)4-15-8(7)11/h2,4-5H,3H2,1H3,(H,16,18). The predicted molar refractivity (Wildman–Crippen MR) is 63.5 cm³/mol. The highest BCUT2D eigenvalue weighted by atomic mass is 35.5. The molecule has 1 N–H and O–H groups in total. The lowest BCUT2D eigenvalue weighted by molar-refractivity contribution is -0.385. The van der Waals surface area contributed by atoms with Crippen molar-refractivity contribution >= 4 is 23.2 Å². The molecular formula is C10H9ClF3N3O3. The minimum absolute atomic E-state index is 0.327. The van der Waals surface area contributed by atoms with E-state index >= 15 is 0 Å². The number of nitrogens with zero attached hydrogens (tertiary/aromatic N) is 2. The fourth-order valence-electron chi connectivity index (χ4n) is 1.40. The first kappa shape index (κ1) is 16.2. The molecule has 110 valence electrons. The molecule has 1 atom stereocenters. The van der Waals surface area contributed by atoms with Crippen molar-refractivity contribution in [3.05, 3.63) is 33.1 Å². The van der Waals surface area contributed by atoms with E-state index in [0.717, 1.165) is 19.2 Å². The second-order valence-corrected chi connectivity index (χ2v) is 4.34. The Morgan fingerprint density at radius 3 is 2.70 bits per heavy atom. The minimum Gasteiger partial charge on any atom is -0.349 e. The summed E-state index contributed by atoms with van der Waals surface area (Å²) >= 11 is 5.60. The average Bonchev–Trinajstić information content (AvgIpc) is 2.26. The molecule has 0 bridgehead atoms. The number of pyridine rings is 1. The van der Waals surface area contributed by atoms with Crippen LogP contribution in [0.15, 0.2) is 12.3 Å². The number of alkyl halides is 3. The van der Waals surface area contributed by atoms with Crippen LogP contribution in [0.25, 0.3) is 0 Å². The topological polar surface area (TPSA) is 85.1 Å². The van der Waals surface area contributed by atoms with Gasteiger partial charge in [0.15, 0.2) is 0 Å². The van der Waals surface area contributed by atoms with E-state index in [1.807, 2.05) is 0 Å². The number of hydrogen-bond acceptors (Lipinski definition) is 4. The van der Waals surface area contributed by atoms with Crippen molar-refractivity contribution in [2.75, 3.05) is 0 Å². The van der Waals surface area contributed by atoms with E-state index in [-0.39, 0.29) is 10.7 Å². The van der Waals surface area contributed by atoms with Gasteiger partial charge in [-0.25, -0.2) is 4.98 Å². The van der Waals surface area contributed by atoms with Crippen molar-refractivity contribution in [2.24, 2.45) is 0 Å². The molecule has 0 saturated carbocycles. The Morgan fingerprint density at radius 1 is 1.60 bits per heavy atom. The molecule has 0 spiro atoms.